The van der Waals surface area contributed by atoms with Crippen LogP contribution in [0.2, 0.25) is 0 Å². The normalized spacial score (nSPS) is 17.7. The molecule has 4 heteroatoms. The highest BCUT2D eigenvalue weighted by Gasteiger charge is 2.30. The first-order valence-corrected chi connectivity index (χ1v) is 5.19. The van der Waals surface area contributed by atoms with Crippen molar-refractivity contribution in [3.05, 3.63) is 0 Å². The van der Waals surface area contributed by atoms with E-state index in [1.54, 1.807) is 0 Å². The van der Waals surface area contributed by atoms with Crippen molar-refractivity contribution in [3.63, 3.8) is 0 Å². The molecule has 0 aliphatic heterocycles. The largest absolute Gasteiger partial charge is 0.477 e. The smallest absolute Gasteiger partial charge is 0.349 e. The van der Waals surface area contributed by atoms with Crippen molar-refractivity contribution in [3.8, 4) is 0 Å². The van der Waals surface area contributed by atoms with Crippen molar-refractivity contribution in [2.75, 3.05) is 0 Å². The van der Waals surface area contributed by atoms with Crippen LogP contribution in [0, 0.1) is 11.3 Å². The fourth-order valence-electron chi connectivity index (χ4n) is 1.38. The average molecular weight is 210 g/mol. The van der Waals surface area contributed by atoms with Gasteiger partial charge in [0, 0.05) is 12.1 Å². The summed E-state index contributed by atoms with van der Waals surface area (Å²) in [5.41, 5.74) is 0.441. The minimum Gasteiger partial charge on any atom is -0.477 e. The molecule has 0 atom stereocenters. The lowest BCUT2D eigenvalue weighted by Gasteiger charge is -2.15. The Morgan fingerprint density at radius 1 is 1.47 bits per heavy atom. The van der Waals surface area contributed by atoms with Crippen LogP contribution in [0.3, 0.4) is 0 Å². The summed E-state index contributed by atoms with van der Waals surface area (Å²) >= 11 is 0. The number of rotatable bonds is 4. The highest BCUT2D eigenvalue weighted by molar-refractivity contribution is 6.38. The standard InChI is InChI=1S/C11H18N2O2/c1-11(2,3)13-9(7-4-5-7)6-8(12)10(14)15/h7,12H,4-6H2,1-3H3,(H,14,15). The number of hydrogen-bond acceptors (Lipinski definition) is 3. The van der Waals surface area contributed by atoms with Gasteiger partial charge >= 0.3 is 5.97 Å². The molecule has 1 rings (SSSR count). The number of nitrogens with zero attached hydrogens (tertiary/aromatic N) is 1. The molecule has 0 spiro atoms. The van der Waals surface area contributed by atoms with Gasteiger partial charge in [-0.15, -0.1) is 0 Å². The third kappa shape index (κ3) is 4.23. The van der Waals surface area contributed by atoms with E-state index in [0.717, 1.165) is 18.6 Å². The molecule has 0 aromatic heterocycles. The Kier molecular flexibility index (Phi) is 3.27. The third-order valence-corrected chi connectivity index (χ3v) is 2.14. The maximum Gasteiger partial charge on any atom is 0.349 e. The Bertz CT molecular complexity index is 309. The zero-order valence-electron chi connectivity index (χ0n) is 9.50. The molecule has 1 fully saturated rings. The molecular formula is C11H18N2O2. The van der Waals surface area contributed by atoms with Gasteiger partial charge in [0.2, 0.25) is 0 Å². The van der Waals surface area contributed by atoms with Crippen molar-refractivity contribution in [1.82, 2.24) is 0 Å². The fourth-order valence-corrected chi connectivity index (χ4v) is 1.38. The maximum absolute atomic E-state index is 10.6. The molecule has 0 heterocycles. The number of aliphatic carboxylic acids is 1. The molecule has 1 aliphatic carbocycles. The van der Waals surface area contributed by atoms with Gasteiger partial charge in [-0.3, -0.25) is 10.4 Å². The van der Waals surface area contributed by atoms with Crippen LogP contribution < -0.4 is 0 Å². The van der Waals surface area contributed by atoms with Crippen LogP contribution in [0.4, 0.5) is 0 Å². The van der Waals surface area contributed by atoms with E-state index in [1.165, 1.54) is 0 Å². The summed E-state index contributed by atoms with van der Waals surface area (Å²) in [6, 6.07) is 0. The second-order valence-corrected chi connectivity index (χ2v) is 5.01. The number of aliphatic imine (C=N–C) groups is 1. The monoisotopic (exact) mass is 210 g/mol. The van der Waals surface area contributed by atoms with Gasteiger partial charge in [-0.1, -0.05) is 0 Å². The first kappa shape index (κ1) is 11.9. The van der Waals surface area contributed by atoms with Gasteiger partial charge in [0.15, 0.2) is 0 Å². The zero-order chi connectivity index (χ0) is 11.6. The van der Waals surface area contributed by atoms with Gasteiger partial charge in [-0.2, -0.15) is 0 Å². The summed E-state index contributed by atoms with van der Waals surface area (Å²) in [4.78, 5) is 15.1. The molecule has 2 N–H and O–H groups in total. The lowest BCUT2D eigenvalue weighted by atomic mass is 10.1. The summed E-state index contributed by atoms with van der Waals surface area (Å²) in [6.07, 6.45) is 2.36. The summed E-state index contributed by atoms with van der Waals surface area (Å²) < 4.78 is 0. The number of carboxylic acids is 1. The molecule has 15 heavy (non-hydrogen) atoms. The Hall–Kier alpha value is -1.19. The van der Waals surface area contributed by atoms with Gasteiger partial charge in [0.1, 0.15) is 5.71 Å². The first-order valence-electron chi connectivity index (χ1n) is 5.19. The van der Waals surface area contributed by atoms with E-state index in [0.29, 0.717) is 5.92 Å². The topological polar surface area (TPSA) is 73.5 Å². The first-order chi connectivity index (χ1) is 6.79. The molecule has 0 aromatic rings. The highest BCUT2D eigenvalue weighted by atomic mass is 16.4. The summed E-state index contributed by atoms with van der Waals surface area (Å²) in [7, 11) is 0. The van der Waals surface area contributed by atoms with Crippen molar-refractivity contribution >= 4 is 17.4 Å². The minimum atomic E-state index is -1.14. The van der Waals surface area contributed by atoms with Crippen LogP contribution >= 0.6 is 0 Å². The lowest BCUT2D eigenvalue weighted by molar-refractivity contribution is -0.129. The van der Waals surface area contributed by atoms with Crippen molar-refractivity contribution < 1.29 is 9.90 Å². The average Bonchev–Trinajstić information content (AvgIpc) is 2.81. The predicted molar refractivity (Wildman–Crippen MR) is 59.9 cm³/mol. The van der Waals surface area contributed by atoms with E-state index < -0.39 is 5.97 Å². The van der Waals surface area contributed by atoms with Gasteiger partial charge < -0.3 is 5.11 Å². The Morgan fingerprint density at radius 2 is 2.00 bits per heavy atom. The summed E-state index contributed by atoms with van der Waals surface area (Å²) in [6.45, 7) is 5.96. The van der Waals surface area contributed by atoms with E-state index in [4.69, 9.17) is 10.5 Å². The van der Waals surface area contributed by atoms with Crippen molar-refractivity contribution in [1.29, 1.82) is 5.41 Å². The Balaban J connectivity index is 2.71. The minimum absolute atomic E-state index is 0.184. The summed E-state index contributed by atoms with van der Waals surface area (Å²) in [5.74, 6) is -0.721. The van der Waals surface area contributed by atoms with Crippen LogP contribution in [0.5, 0.6) is 0 Å². The second-order valence-electron chi connectivity index (χ2n) is 5.01. The van der Waals surface area contributed by atoms with Crippen molar-refractivity contribution in [2.24, 2.45) is 10.9 Å². The number of hydrogen-bond donors (Lipinski definition) is 2. The SMILES string of the molecule is CC(C)(C)N=C(CC(=N)C(=O)O)C1CC1. The molecule has 84 valence electrons. The van der Waals surface area contributed by atoms with E-state index in [9.17, 15) is 4.79 Å². The molecular weight excluding hydrogens is 192 g/mol. The zero-order valence-corrected chi connectivity index (χ0v) is 9.50. The quantitative estimate of drug-likeness (QED) is 0.697. The van der Waals surface area contributed by atoms with Gasteiger partial charge in [-0.25, -0.2) is 4.79 Å². The summed E-state index contributed by atoms with van der Waals surface area (Å²) in [5, 5.41) is 16.0. The molecule has 0 amide bonds. The Labute approximate surface area is 89.9 Å². The van der Waals surface area contributed by atoms with Gasteiger partial charge in [0.25, 0.3) is 0 Å². The van der Waals surface area contributed by atoms with Crippen molar-refractivity contribution in [2.45, 2.75) is 45.6 Å². The van der Waals surface area contributed by atoms with Crippen LogP contribution in [0.1, 0.15) is 40.0 Å². The van der Waals surface area contributed by atoms with E-state index in [2.05, 4.69) is 4.99 Å². The number of nitrogens with one attached hydrogen (secondary N) is 1. The van der Waals surface area contributed by atoms with Crippen LogP contribution in [-0.4, -0.2) is 28.0 Å². The second kappa shape index (κ2) is 4.13. The number of carbonyl (C=O) groups is 1. The molecule has 1 saturated carbocycles. The molecule has 0 bridgehead atoms. The van der Waals surface area contributed by atoms with E-state index >= 15 is 0 Å². The molecule has 0 radical (unpaired) electrons. The van der Waals surface area contributed by atoms with Gasteiger partial charge in [-0.05, 0) is 39.5 Å². The van der Waals surface area contributed by atoms with E-state index in [1.807, 2.05) is 20.8 Å². The molecule has 0 saturated heterocycles. The molecule has 0 aromatic carbocycles. The molecule has 0 unspecified atom stereocenters. The van der Waals surface area contributed by atoms with Crippen LogP contribution in [-0.2, 0) is 4.79 Å². The molecule has 4 nitrogen and oxygen atoms in total. The molecule has 1 aliphatic rings. The third-order valence-electron chi connectivity index (χ3n) is 2.14. The van der Waals surface area contributed by atoms with E-state index in [-0.39, 0.29) is 17.7 Å². The number of carboxylic acid groups (broad SMARTS) is 1. The van der Waals surface area contributed by atoms with Crippen LogP contribution in [0.15, 0.2) is 4.99 Å². The Morgan fingerprint density at radius 3 is 2.33 bits per heavy atom. The maximum atomic E-state index is 10.6. The lowest BCUT2D eigenvalue weighted by Crippen LogP contribution is -2.21. The predicted octanol–water partition coefficient (Wildman–Crippen LogP) is 2.13. The van der Waals surface area contributed by atoms with Gasteiger partial charge in [0.05, 0.1) is 5.54 Å². The highest BCUT2D eigenvalue weighted by Crippen LogP contribution is 2.33. The van der Waals surface area contributed by atoms with Crippen LogP contribution in [0.25, 0.3) is 0 Å². The fraction of sp³-hybridized carbons (Fsp3) is 0.727.